The quantitative estimate of drug-likeness (QED) is 0.409. The Morgan fingerprint density at radius 2 is 1.93 bits per heavy atom. The Morgan fingerprint density at radius 3 is 2.55 bits per heavy atom. The van der Waals surface area contributed by atoms with E-state index in [4.69, 9.17) is 14.2 Å². The molecule has 0 aliphatic rings. The van der Waals surface area contributed by atoms with Crippen molar-refractivity contribution < 1.29 is 28.7 Å². The van der Waals surface area contributed by atoms with Gasteiger partial charge in [-0.1, -0.05) is 12.1 Å². The summed E-state index contributed by atoms with van der Waals surface area (Å²) in [6.07, 6.45) is -0.897. The second-order valence-electron chi connectivity index (χ2n) is 6.33. The zero-order valence-corrected chi connectivity index (χ0v) is 16.6. The maximum Gasteiger partial charge on any atom is 0.347 e. The number of ether oxygens (including phenoxy) is 3. The van der Waals surface area contributed by atoms with Crippen LogP contribution in [0, 0.1) is 24.0 Å². The number of methoxy groups -OCH3 is 1. The van der Waals surface area contributed by atoms with Gasteiger partial charge in [0.2, 0.25) is 0 Å². The average Bonchev–Trinajstić information content (AvgIpc) is 2.67. The van der Waals surface area contributed by atoms with Crippen LogP contribution in [-0.4, -0.2) is 36.6 Å². The number of hydrogen-bond acceptors (Lipinski definition) is 7. The minimum absolute atomic E-state index is 0.00747. The molecular weight excluding hydrogens is 380 g/mol. The molecule has 0 heterocycles. The lowest BCUT2D eigenvalue weighted by molar-refractivity contribution is -0.385. The van der Waals surface area contributed by atoms with Crippen molar-refractivity contribution in [2.75, 3.05) is 19.0 Å². The number of carbonyl (C=O) groups excluding carboxylic acids is 2. The van der Waals surface area contributed by atoms with Crippen LogP contribution in [-0.2, 0) is 14.3 Å². The summed E-state index contributed by atoms with van der Waals surface area (Å²) in [5.41, 5.74) is 1.55. The van der Waals surface area contributed by atoms with E-state index in [9.17, 15) is 19.7 Å². The van der Waals surface area contributed by atoms with Gasteiger partial charge in [0.05, 0.1) is 12.0 Å². The normalized spacial score (nSPS) is 11.3. The second kappa shape index (κ2) is 9.54. The Hall–Kier alpha value is -3.62. The molecule has 0 saturated carbocycles. The summed E-state index contributed by atoms with van der Waals surface area (Å²) in [4.78, 5) is 34.6. The first-order valence-corrected chi connectivity index (χ1v) is 8.74. The maximum absolute atomic E-state index is 12.1. The largest absolute Gasteiger partial charge is 0.490 e. The summed E-state index contributed by atoms with van der Waals surface area (Å²) in [6, 6.07) is 9.83. The van der Waals surface area contributed by atoms with Crippen molar-refractivity contribution >= 4 is 23.3 Å². The molecule has 29 heavy (non-hydrogen) atoms. The highest BCUT2D eigenvalue weighted by Gasteiger charge is 2.20. The number of rotatable bonds is 8. The zero-order valence-electron chi connectivity index (χ0n) is 16.6. The van der Waals surface area contributed by atoms with Crippen LogP contribution in [0.2, 0.25) is 0 Å². The predicted molar refractivity (Wildman–Crippen MR) is 105 cm³/mol. The molecule has 0 bridgehead atoms. The first kappa shape index (κ1) is 21.7. The van der Waals surface area contributed by atoms with Gasteiger partial charge in [0.15, 0.2) is 18.5 Å². The van der Waals surface area contributed by atoms with E-state index in [2.05, 4.69) is 5.32 Å². The second-order valence-corrected chi connectivity index (χ2v) is 6.33. The van der Waals surface area contributed by atoms with E-state index in [0.29, 0.717) is 17.0 Å². The Labute approximate surface area is 167 Å². The molecule has 0 spiro atoms. The van der Waals surface area contributed by atoms with Crippen LogP contribution < -0.4 is 14.8 Å². The molecule has 0 aliphatic carbocycles. The van der Waals surface area contributed by atoms with Crippen molar-refractivity contribution in [3.05, 3.63) is 57.6 Å². The van der Waals surface area contributed by atoms with Crippen LogP contribution >= 0.6 is 0 Å². The van der Waals surface area contributed by atoms with E-state index < -0.39 is 29.5 Å². The SMILES string of the molecule is COc1cc(NC(=O)COC(=O)[C@@H](C)Oc2cccc(C)c2)c(C)cc1[N+](=O)[O-]. The standard InChI is InChI=1S/C20H22N2O7/c1-12-6-5-7-15(8-12)29-14(3)20(24)28-11-19(23)21-16-10-18(27-4)17(22(25)26)9-13(16)2/h5-10,14H,11H2,1-4H3,(H,21,23)/t14-/m1/s1. The van der Waals surface area contributed by atoms with E-state index in [0.717, 1.165) is 5.56 Å². The molecule has 1 atom stereocenters. The molecule has 154 valence electrons. The Morgan fingerprint density at radius 1 is 1.21 bits per heavy atom. The molecule has 0 aromatic heterocycles. The van der Waals surface area contributed by atoms with Gasteiger partial charge in [0.1, 0.15) is 5.75 Å². The summed E-state index contributed by atoms with van der Waals surface area (Å²) in [5.74, 6) is -0.764. The number of anilines is 1. The minimum Gasteiger partial charge on any atom is -0.490 e. The van der Waals surface area contributed by atoms with Crippen molar-refractivity contribution in [2.45, 2.75) is 26.9 Å². The third-order valence-electron chi connectivity index (χ3n) is 3.98. The van der Waals surface area contributed by atoms with Crippen LogP contribution in [0.3, 0.4) is 0 Å². The minimum atomic E-state index is -0.897. The summed E-state index contributed by atoms with van der Waals surface area (Å²) in [5, 5.41) is 13.6. The van der Waals surface area contributed by atoms with Gasteiger partial charge in [-0.15, -0.1) is 0 Å². The maximum atomic E-state index is 12.1. The zero-order chi connectivity index (χ0) is 21.6. The Kier molecular flexibility index (Phi) is 7.13. The van der Waals surface area contributed by atoms with Crippen molar-refractivity contribution in [1.82, 2.24) is 0 Å². The van der Waals surface area contributed by atoms with Gasteiger partial charge in [-0.3, -0.25) is 14.9 Å². The fourth-order valence-electron chi connectivity index (χ4n) is 2.49. The van der Waals surface area contributed by atoms with Gasteiger partial charge >= 0.3 is 11.7 Å². The van der Waals surface area contributed by atoms with Gasteiger partial charge in [0.25, 0.3) is 5.91 Å². The topological polar surface area (TPSA) is 117 Å². The number of hydrogen-bond donors (Lipinski definition) is 1. The Bertz CT molecular complexity index is 927. The molecule has 0 saturated heterocycles. The average molecular weight is 402 g/mol. The molecule has 2 aromatic rings. The van der Waals surface area contributed by atoms with Gasteiger partial charge in [0, 0.05) is 17.8 Å². The van der Waals surface area contributed by atoms with E-state index in [1.54, 1.807) is 25.1 Å². The fourth-order valence-corrected chi connectivity index (χ4v) is 2.49. The van der Waals surface area contributed by atoms with Crippen molar-refractivity contribution in [3.63, 3.8) is 0 Å². The number of nitro groups is 1. The van der Waals surface area contributed by atoms with E-state index in [1.165, 1.54) is 26.2 Å². The number of benzene rings is 2. The predicted octanol–water partition coefficient (Wildman–Crippen LogP) is 3.17. The summed E-state index contributed by atoms with van der Waals surface area (Å²) >= 11 is 0. The molecule has 1 amide bonds. The number of nitrogens with one attached hydrogen (secondary N) is 1. The summed E-state index contributed by atoms with van der Waals surface area (Å²) in [7, 11) is 1.29. The number of nitrogens with zero attached hydrogens (tertiary/aromatic N) is 1. The molecule has 0 aliphatic heterocycles. The van der Waals surface area contributed by atoms with Crippen molar-refractivity contribution in [2.24, 2.45) is 0 Å². The van der Waals surface area contributed by atoms with Crippen LogP contribution in [0.4, 0.5) is 11.4 Å². The Balaban J connectivity index is 1.94. The number of amides is 1. The van der Waals surface area contributed by atoms with Crippen LogP contribution in [0.1, 0.15) is 18.1 Å². The molecule has 0 radical (unpaired) electrons. The number of carbonyl (C=O) groups is 2. The van der Waals surface area contributed by atoms with Gasteiger partial charge in [-0.05, 0) is 44.0 Å². The molecule has 9 heteroatoms. The molecular formula is C20H22N2O7. The molecule has 1 N–H and O–H groups in total. The molecule has 2 rings (SSSR count). The molecule has 9 nitrogen and oxygen atoms in total. The van der Waals surface area contributed by atoms with Crippen molar-refractivity contribution in [3.8, 4) is 11.5 Å². The van der Waals surface area contributed by atoms with Crippen molar-refractivity contribution in [1.29, 1.82) is 0 Å². The smallest absolute Gasteiger partial charge is 0.347 e. The van der Waals surface area contributed by atoms with Gasteiger partial charge in [-0.25, -0.2) is 4.79 Å². The molecule has 0 fully saturated rings. The molecule has 0 unspecified atom stereocenters. The first-order chi connectivity index (χ1) is 13.7. The highest BCUT2D eigenvalue weighted by molar-refractivity contribution is 5.94. The monoisotopic (exact) mass is 402 g/mol. The summed E-state index contributed by atoms with van der Waals surface area (Å²) in [6.45, 7) is 4.49. The number of esters is 1. The summed E-state index contributed by atoms with van der Waals surface area (Å²) < 4.78 is 15.5. The highest BCUT2D eigenvalue weighted by Crippen LogP contribution is 2.32. The van der Waals surface area contributed by atoms with Gasteiger partial charge < -0.3 is 19.5 Å². The van der Waals surface area contributed by atoms with Crippen LogP contribution in [0.25, 0.3) is 0 Å². The highest BCUT2D eigenvalue weighted by atomic mass is 16.6. The third-order valence-corrected chi connectivity index (χ3v) is 3.98. The lowest BCUT2D eigenvalue weighted by Gasteiger charge is -2.15. The van der Waals surface area contributed by atoms with E-state index in [-0.39, 0.29) is 11.4 Å². The van der Waals surface area contributed by atoms with E-state index in [1.807, 2.05) is 13.0 Å². The molecule has 2 aromatic carbocycles. The number of nitro benzene ring substituents is 1. The number of aryl methyl sites for hydroxylation is 2. The first-order valence-electron chi connectivity index (χ1n) is 8.74. The fraction of sp³-hybridized carbons (Fsp3) is 0.300. The van der Waals surface area contributed by atoms with Crippen LogP contribution in [0.5, 0.6) is 11.5 Å². The lowest BCUT2D eigenvalue weighted by atomic mass is 10.1. The third kappa shape index (κ3) is 5.93. The lowest BCUT2D eigenvalue weighted by Crippen LogP contribution is -2.29. The van der Waals surface area contributed by atoms with Crippen LogP contribution in [0.15, 0.2) is 36.4 Å². The van der Waals surface area contributed by atoms with E-state index >= 15 is 0 Å². The van der Waals surface area contributed by atoms with Gasteiger partial charge in [-0.2, -0.15) is 0 Å².